The van der Waals surface area contributed by atoms with Crippen LogP contribution in [0.1, 0.15) is 35.3 Å². The molecule has 1 N–H and O–H groups in total. The van der Waals surface area contributed by atoms with Gasteiger partial charge < -0.3 is 5.32 Å². The number of aromatic nitrogens is 3. The number of allylic oxidation sites excluding steroid dienone is 1. The molecule has 1 aliphatic heterocycles. The molecule has 4 aromatic rings. The minimum absolute atomic E-state index is 0.181. The standard InChI is InChI=1S/C27H25N5O2S/c1-16-10-8-9-13-21(16)29-25(33)23-18(3)28-27-32(24(23)19-11-6-5-7-12-19)26(34)22(35-27)14-20-15-31(4)30-17(20)2/h5-15,24H,1-4H3,(H,29,33)/b22-14+/t24-/m1/s1. The summed E-state index contributed by atoms with van der Waals surface area (Å²) in [4.78, 5) is 32.6. The molecule has 7 nitrogen and oxygen atoms in total. The van der Waals surface area contributed by atoms with E-state index in [2.05, 4.69) is 10.4 Å². The van der Waals surface area contributed by atoms with Crippen LogP contribution in [-0.2, 0) is 11.8 Å². The molecule has 1 aliphatic rings. The smallest absolute Gasteiger partial charge is 0.271 e. The summed E-state index contributed by atoms with van der Waals surface area (Å²) < 4.78 is 3.91. The minimum Gasteiger partial charge on any atom is -0.322 e. The number of hydrogen-bond acceptors (Lipinski definition) is 5. The van der Waals surface area contributed by atoms with Crippen LogP contribution in [0.3, 0.4) is 0 Å². The molecule has 0 aliphatic carbocycles. The van der Waals surface area contributed by atoms with Gasteiger partial charge in [-0.15, -0.1) is 0 Å². The van der Waals surface area contributed by atoms with Gasteiger partial charge in [-0.3, -0.25) is 18.8 Å². The van der Waals surface area contributed by atoms with Crippen LogP contribution in [0.5, 0.6) is 0 Å². The lowest BCUT2D eigenvalue weighted by molar-refractivity contribution is -0.113. The Morgan fingerprint density at radius 2 is 1.77 bits per heavy atom. The van der Waals surface area contributed by atoms with Crippen molar-refractivity contribution < 1.29 is 4.79 Å². The molecule has 0 spiro atoms. The Balaban J connectivity index is 1.68. The predicted molar refractivity (Wildman–Crippen MR) is 138 cm³/mol. The number of carbonyl (C=O) groups excluding carboxylic acids is 1. The molecule has 0 bridgehead atoms. The Morgan fingerprint density at radius 1 is 1.06 bits per heavy atom. The van der Waals surface area contributed by atoms with Crippen molar-refractivity contribution in [2.75, 3.05) is 5.32 Å². The molecule has 2 aromatic carbocycles. The topological polar surface area (TPSA) is 81.3 Å². The maximum absolute atomic E-state index is 13.7. The van der Waals surface area contributed by atoms with Crippen molar-refractivity contribution in [1.29, 1.82) is 0 Å². The molecule has 0 fully saturated rings. The summed E-state index contributed by atoms with van der Waals surface area (Å²) in [5.74, 6) is -0.271. The van der Waals surface area contributed by atoms with E-state index in [9.17, 15) is 9.59 Å². The van der Waals surface area contributed by atoms with E-state index in [-0.39, 0.29) is 11.5 Å². The molecule has 1 atom stereocenters. The molecule has 35 heavy (non-hydrogen) atoms. The molecule has 0 unspecified atom stereocenters. The van der Waals surface area contributed by atoms with E-state index in [1.54, 1.807) is 9.25 Å². The fourth-order valence-corrected chi connectivity index (χ4v) is 5.40. The zero-order valence-electron chi connectivity index (χ0n) is 19.9. The third-order valence-electron chi connectivity index (χ3n) is 6.11. The first-order valence-electron chi connectivity index (χ1n) is 11.3. The summed E-state index contributed by atoms with van der Waals surface area (Å²) in [7, 11) is 1.85. The van der Waals surface area contributed by atoms with Gasteiger partial charge in [-0.2, -0.15) is 5.10 Å². The van der Waals surface area contributed by atoms with Gasteiger partial charge in [-0.05, 0) is 44.0 Å². The van der Waals surface area contributed by atoms with E-state index in [1.165, 1.54) is 11.3 Å². The molecular weight excluding hydrogens is 458 g/mol. The monoisotopic (exact) mass is 483 g/mol. The number of hydrogen-bond donors (Lipinski definition) is 1. The third kappa shape index (κ3) is 4.17. The van der Waals surface area contributed by atoms with Crippen LogP contribution in [0.4, 0.5) is 5.69 Å². The zero-order valence-corrected chi connectivity index (χ0v) is 20.8. The van der Waals surface area contributed by atoms with Gasteiger partial charge in [0.15, 0.2) is 4.80 Å². The summed E-state index contributed by atoms with van der Waals surface area (Å²) in [5, 5.41) is 7.40. The first kappa shape index (κ1) is 22.7. The van der Waals surface area contributed by atoms with Crippen LogP contribution >= 0.6 is 11.3 Å². The maximum Gasteiger partial charge on any atom is 0.271 e. The van der Waals surface area contributed by atoms with E-state index in [0.717, 1.165) is 28.1 Å². The second kappa shape index (κ2) is 8.96. The van der Waals surface area contributed by atoms with Gasteiger partial charge in [-0.25, -0.2) is 4.99 Å². The summed E-state index contributed by atoms with van der Waals surface area (Å²) in [6.45, 7) is 5.68. The number of aryl methyl sites for hydroxylation is 3. The van der Waals surface area contributed by atoms with Crippen molar-refractivity contribution in [3.63, 3.8) is 0 Å². The molecule has 8 heteroatoms. The fourth-order valence-electron chi connectivity index (χ4n) is 4.37. The fraction of sp³-hybridized carbons (Fsp3) is 0.185. The Kier molecular flexibility index (Phi) is 5.82. The Labute approximate surface area is 206 Å². The van der Waals surface area contributed by atoms with E-state index < -0.39 is 6.04 Å². The lowest BCUT2D eigenvalue weighted by atomic mass is 9.95. The van der Waals surface area contributed by atoms with Crippen molar-refractivity contribution in [3.8, 4) is 0 Å². The molecular formula is C27H25N5O2S. The second-order valence-electron chi connectivity index (χ2n) is 8.61. The highest BCUT2D eigenvalue weighted by Gasteiger charge is 2.32. The number of nitrogens with zero attached hydrogens (tertiary/aromatic N) is 4. The van der Waals surface area contributed by atoms with Gasteiger partial charge in [-0.1, -0.05) is 59.9 Å². The first-order chi connectivity index (χ1) is 16.8. The lowest BCUT2D eigenvalue weighted by Crippen LogP contribution is -2.40. The van der Waals surface area contributed by atoms with Crippen LogP contribution in [0.2, 0.25) is 0 Å². The normalized spacial score (nSPS) is 15.7. The van der Waals surface area contributed by atoms with Crippen molar-refractivity contribution in [2.45, 2.75) is 26.8 Å². The molecule has 1 amide bonds. The van der Waals surface area contributed by atoms with E-state index >= 15 is 0 Å². The molecule has 5 rings (SSSR count). The number of thiazole rings is 1. The van der Waals surface area contributed by atoms with Crippen molar-refractivity contribution in [2.24, 2.45) is 12.0 Å². The summed E-state index contributed by atoms with van der Waals surface area (Å²) in [6, 6.07) is 16.7. The summed E-state index contributed by atoms with van der Waals surface area (Å²) >= 11 is 1.32. The van der Waals surface area contributed by atoms with Crippen LogP contribution in [0.15, 0.2) is 81.9 Å². The van der Waals surface area contributed by atoms with Crippen LogP contribution < -0.4 is 20.2 Å². The Morgan fingerprint density at radius 3 is 2.46 bits per heavy atom. The number of nitrogens with one attached hydrogen (secondary N) is 1. The Hall–Kier alpha value is -4.04. The van der Waals surface area contributed by atoms with Crippen molar-refractivity contribution in [1.82, 2.24) is 14.3 Å². The quantitative estimate of drug-likeness (QED) is 0.484. The highest BCUT2D eigenvalue weighted by atomic mass is 32.1. The van der Waals surface area contributed by atoms with Gasteiger partial charge in [0, 0.05) is 24.5 Å². The van der Waals surface area contributed by atoms with Gasteiger partial charge in [0.1, 0.15) is 0 Å². The predicted octanol–water partition coefficient (Wildman–Crippen LogP) is 3.22. The number of rotatable bonds is 4. The molecule has 3 heterocycles. The van der Waals surface area contributed by atoms with Crippen molar-refractivity contribution in [3.05, 3.63) is 114 Å². The Bertz CT molecular complexity index is 1660. The lowest BCUT2D eigenvalue weighted by Gasteiger charge is -2.25. The van der Waals surface area contributed by atoms with Gasteiger partial charge in [0.05, 0.1) is 27.5 Å². The highest BCUT2D eigenvalue weighted by molar-refractivity contribution is 7.07. The minimum atomic E-state index is -0.589. The average Bonchev–Trinajstić information content (AvgIpc) is 3.32. The van der Waals surface area contributed by atoms with Gasteiger partial charge in [0.2, 0.25) is 0 Å². The molecule has 176 valence electrons. The highest BCUT2D eigenvalue weighted by Crippen LogP contribution is 2.31. The number of anilines is 1. The first-order valence-corrected chi connectivity index (χ1v) is 12.1. The second-order valence-corrected chi connectivity index (χ2v) is 9.61. The number of carbonyl (C=O) groups is 1. The summed E-state index contributed by atoms with van der Waals surface area (Å²) in [5.41, 5.74) is 5.12. The van der Waals surface area contributed by atoms with Gasteiger partial charge >= 0.3 is 0 Å². The number of para-hydroxylation sites is 1. The average molecular weight is 484 g/mol. The largest absolute Gasteiger partial charge is 0.322 e. The van der Waals surface area contributed by atoms with E-state index in [4.69, 9.17) is 4.99 Å². The molecule has 0 saturated heterocycles. The van der Waals surface area contributed by atoms with Crippen LogP contribution in [-0.4, -0.2) is 20.3 Å². The zero-order chi connectivity index (χ0) is 24.7. The number of amides is 1. The van der Waals surface area contributed by atoms with Crippen LogP contribution in [0.25, 0.3) is 6.08 Å². The SMILES string of the molecule is CC1=C(C(=O)Nc2ccccc2C)[C@@H](c2ccccc2)n2c(s/c(=C/c3cn(C)nc3C)c2=O)=N1. The number of benzene rings is 2. The molecule has 2 aromatic heterocycles. The van der Waals surface area contributed by atoms with E-state index in [0.29, 0.717) is 20.6 Å². The maximum atomic E-state index is 13.7. The van der Waals surface area contributed by atoms with Gasteiger partial charge in [0.25, 0.3) is 11.5 Å². The number of fused-ring (bicyclic) bond motifs is 1. The molecule has 0 radical (unpaired) electrons. The van der Waals surface area contributed by atoms with Crippen molar-refractivity contribution >= 4 is 29.0 Å². The molecule has 0 saturated carbocycles. The third-order valence-corrected chi connectivity index (χ3v) is 7.10. The summed E-state index contributed by atoms with van der Waals surface area (Å²) in [6.07, 6.45) is 3.73. The van der Waals surface area contributed by atoms with Crippen LogP contribution in [0, 0.1) is 13.8 Å². The van der Waals surface area contributed by atoms with E-state index in [1.807, 2.05) is 94.7 Å².